The lowest BCUT2D eigenvalue weighted by Crippen LogP contribution is -2.18. The van der Waals surface area contributed by atoms with E-state index in [0.29, 0.717) is 11.5 Å². The summed E-state index contributed by atoms with van der Waals surface area (Å²) in [5.74, 6) is 0.0228. The van der Waals surface area contributed by atoms with Gasteiger partial charge in [0, 0.05) is 10.5 Å². The second kappa shape index (κ2) is 11.1. The molecule has 164 valence electrons. The minimum absolute atomic E-state index is 0.176. The molecule has 32 heavy (non-hydrogen) atoms. The third kappa shape index (κ3) is 5.89. The second-order valence-corrected chi connectivity index (χ2v) is 9.39. The number of thioether (sulfide) groups is 1. The molecule has 1 aliphatic rings. The summed E-state index contributed by atoms with van der Waals surface area (Å²) in [5.41, 5.74) is 2.75. The number of esters is 1. The highest BCUT2D eigenvalue weighted by atomic mass is 32.2. The number of ether oxygens (including phenoxy) is 1. The molecule has 0 heterocycles. The van der Waals surface area contributed by atoms with Gasteiger partial charge in [-0.1, -0.05) is 92.1 Å². The molecule has 4 rings (SSSR count). The van der Waals surface area contributed by atoms with Crippen LogP contribution >= 0.6 is 11.8 Å². The molecule has 0 amide bonds. The predicted molar refractivity (Wildman–Crippen MR) is 129 cm³/mol. The van der Waals surface area contributed by atoms with Gasteiger partial charge >= 0.3 is 5.97 Å². The Kier molecular flexibility index (Phi) is 7.78. The Morgan fingerprint density at radius 2 is 1.44 bits per heavy atom. The fourth-order valence-electron chi connectivity index (χ4n) is 4.19. The number of carbonyl (C=O) groups excluding carboxylic acids is 2. The summed E-state index contributed by atoms with van der Waals surface area (Å²) in [7, 11) is 0. The highest BCUT2D eigenvalue weighted by Gasteiger charge is 2.24. The van der Waals surface area contributed by atoms with Crippen molar-refractivity contribution in [3.8, 4) is 0 Å². The van der Waals surface area contributed by atoms with E-state index >= 15 is 0 Å². The number of hydrogen-bond acceptors (Lipinski definition) is 4. The molecule has 1 fully saturated rings. The Morgan fingerprint density at radius 3 is 2.09 bits per heavy atom. The van der Waals surface area contributed by atoms with Gasteiger partial charge in [-0.05, 0) is 42.0 Å². The van der Waals surface area contributed by atoms with E-state index < -0.39 is 11.2 Å². The maximum absolute atomic E-state index is 12.9. The van der Waals surface area contributed by atoms with Gasteiger partial charge in [-0.15, -0.1) is 11.8 Å². The van der Waals surface area contributed by atoms with Crippen LogP contribution < -0.4 is 0 Å². The molecule has 0 radical (unpaired) electrons. The van der Waals surface area contributed by atoms with Gasteiger partial charge in [-0.25, -0.2) is 0 Å². The summed E-state index contributed by atoms with van der Waals surface area (Å²) >= 11 is 1.43. The van der Waals surface area contributed by atoms with Crippen molar-refractivity contribution in [2.24, 2.45) is 0 Å². The average molecular weight is 445 g/mol. The molecule has 0 N–H and O–H groups in total. The van der Waals surface area contributed by atoms with Crippen LogP contribution in [0.15, 0.2) is 89.8 Å². The lowest BCUT2D eigenvalue weighted by molar-refractivity contribution is -0.142. The van der Waals surface area contributed by atoms with Crippen LogP contribution in [0.1, 0.15) is 64.8 Å². The first kappa shape index (κ1) is 22.3. The van der Waals surface area contributed by atoms with Gasteiger partial charge < -0.3 is 4.74 Å². The van der Waals surface area contributed by atoms with Gasteiger partial charge in [0.1, 0.15) is 5.25 Å². The van der Waals surface area contributed by atoms with Crippen LogP contribution in [0.5, 0.6) is 0 Å². The molecule has 4 heteroatoms. The lowest BCUT2D eigenvalue weighted by Gasteiger charge is -2.22. The SMILES string of the molecule is O=C(COC(=O)C(Sc1ccccc1)c1ccccc1)c1ccc(C2CCCCC2)cc1. The number of ketones is 1. The van der Waals surface area contributed by atoms with E-state index in [-0.39, 0.29) is 12.4 Å². The molecule has 3 aromatic carbocycles. The van der Waals surface area contributed by atoms with Gasteiger partial charge in [0.2, 0.25) is 0 Å². The molecule has 0 saturated heterocycles. The third-order valence-corrected chi connectivity index (χ3v) is 7.21. The zero-order valence-electron chi connectivity index (χ0n) is 18.1. The Bertz CT molecular complexity index is 1010. The fourth-order valence-corrected chi connectivity index (χ4v) is 5.23. The summed E-state index contributed by atoms with van der Waals surface area (Å²) in [5, 5.41) is -0.528. The third-order valence-electron chi connectivity index (χ3n) is 5.97. The van der Waals surface area contributed by atoms with E-state index in [0.717, 1.165) is 10.5 Å². The summed E-state index contributed by atoms with van der Waals surface area (Å²) < 4.78 is 5.48. The molecular formula is C28H28O3S. The molecule has 0 aromatic heterocycles. The topological polar surface area (TPSA) is 43.4 Å². The van der Waals surface area contributed by atoms with Gasteiger partial charge in [0.15, 0.2) is 12.4 Å². The summed E-state index contributed by atoms with van der Waals surface area (Å²) in [6.45, 7) is -0.250. The van der Waals surface area contributed by atoms with Crippen molar-refractivity contribution in [2.45, 2.75) is 48.2 Å². The average Bonchev–Trinajstić information content (AvgIpc) is 2.87. The number of benzene rings is 3. The van der Waals surface area contributed by atoms with E-state index in [2.05, 4.69) is 12.1 Å². The fraction of sp³-hybridized carbons (Fsp3) is 0.286. The molecule has 1 atom stereocenters. The summed E-state index contributed by atoms with van der Waals surface area (Å²) in [6, 6.07) is 27.2. The van der Waals surface area contributed by atoms with Gasteiger partial charge in [0.05, 0.1) is 0 Å². The number of Topliss-reactive ketones (excluding diaryl/α,β-unsaturated/α-hetero) is 1. The molecule has 1 aliphatic carbocycles. The van der Waals surface area contributed by atoms with Crippen molar-refractivity contribution < 1.29 is 14.3 Å². The largest absolute Gasteiger partial charge is 0.456 e. The Balaban J connectivity index is 1.39. The van der Waals surface area contributed by atoms with Crippen LogP contribution in [-0.4, -0.2) is 18.4 Å². The Hall–Kier alpha value is -2.85. The number of rotatable bonds is 8. The molecule has 3 aromatic rings. The molecule has 0 spiro atoms. The molecular weight excluding hydrogens is 416 g/mol. The summed E-state index contributed by atoms with van der Waals surface area (Å²) in [4.78, 5) is 26.6. The first-order valence-electron chi connectivity index (χ1n) is 11.3. The number of hydrogen-bond donors (Lipinski definition) is 0. The van der Waals surface area contributed by atoms with E-state index in [9.17, 15) is 9.59 Å². The van der Waals surface area contributed by atoms with E-state index in [1.54, 1.807) is 0 Å². The van der Waals surface area contributed by atoms with Gasteiger partial charge in [-0.2, -0.15) is 0 Å². The van der Waals surface area contributed by atoms with E-state index in [4.69, 9.17) is 4.74 Å². The second-order valence-electron chi connectivity index (χ2n) is 8.21. The van der Waals surface area contributed by atoms with Crippen LogP contribution in [0.3, 0.4) is 0 Å². The maximum Gasteiger partial charge on any atom is 0.324 e. The highest BCUT2D eigenvalue weighted by Crippen LogP contribution is 2.36. The van der Waals surface area contributed by atoms with E-state index in [1.165, 1.54) is 49.4 Å². The molecule has 1 unspecified atom stereocenters. The Morgan fingerprint density at radius 1 is 0.812 bits per heavy atom. The first-order valence-corrected chi connectivity index (χ1v) is 12.1. The number of carbonyl (C=O) groups is 2. The van der Waals surface area contributed by atoms with Crippen molar-refractivity contribution in [3.63, 3.8) is 0 Å². The van der Waals surface area contributed by atoms with Gasteiger partial charge in [0.25, 0.3) is 0 Å². The van der Waals surface area contributed by atoms with E-state index in [1.807, 2.05) is 72.8 Å². The van der Waals surface area contributed by atoms with Crippen molar-refractivity contribution in [3.05, 3.63) is 102 Å². The monoisotopic (exact) mass is 444 g/mol. The van der Waals surface area contributed by atoms with Crippen LogP contribution in [0.4, 0.5) is 0 Å². The molecule has 0 aliphatic heterocycles. The highest BCUT2D eigenvalue weighted by molar-refractivity contribution is 8.00. The minimum Gasteiger partial charge on any atom is -0.456 e. The minimum atomic E-state index is -0.528. The van der Waals surface area contributed by atoms with Gasteiger partial charge in [-0.3, -0.25) is 9.59 Å². The van der Waals surface area contributed by atoms with Crippen LogP contribution in [-0.2, 0) is 9.53 Å². The molecule has 3 nitrogen and oxygen atoms in total. The van der Waals surface area contributed by atoms with Crippen molar-refractivity contribution >= 4 is 23.5 Å². The first-order chi connectivity index (χ1) is 15.7. The zero-order valence-corrected chi connectivity index (χ0v) is 18.9. The van der Waals surface area contributed by atoms with Crippen molar-refractivity contribution in [1.82, 2.24) is 0 Å². The molecule has 1 saturated carbocycles. The maximum atomic E-state index is 12.9. The van der Waals surface area contributed by atoms with Crippen LogP contribution in [0.2, 0.25) is 0 Å². The predicted octanol–water partition coefficient (Wildman–Crippen LogP) is 6.99. The quantitative estimate of drug-likeness (QED) is 0.213. The normalized spacial score (nSPS) is 15.1. The standard InChI is InChI=1S/C28H28O3S/c29-26(23-18-16-22(17-19-23)21-10-4-1-5-11-21)20-31-28(30)27(24-12-6-2-7-13-24)32-25-14-8-3-9-15-25/h2-3,6-9,12-19,21,27H,1,4-5,10-11,20H2. The van der Waals surface area contributed by atoms with Crippen molar-refractivity contribution in [2.75, 3.05) is 6.61 Å². The van der Waals surface area contributed by atoms with Crippen LogP contribution in [0.25, 0.3) is 0 Å². The Labute approximate surface area is 194 Å². The zero-order chi connectivity index (χ0) is 22.2. The summed E-state index contributed by atoms with van der Waals surface area (Å²) in [6.07, 6.45) is 6.34. The smallest absolute Gasteiger partial charge is 0.324 e. The van der Waals surface area contributed by atoms with Crippen molar-refractivity contribution in [1.29, 1.82) is 0 Å². The molecule has 0 bridgehead atoms. The van der Waals surface area contributed by atoms with Crippen LogP contribution in [0, 0.1) is 0 Å². The lowest BCUT2D eigenvalue weighted by atomic mass is 9.84.